The van der Waals surface area contributed by atoms with Crippen LogP contribution in [0.25, 0.3) is 11.4 Å². The predicted octanol–water partition coefficient (Wildman–Crippen LogP) is 4.32. The van der Waals surface area contributed by atoms with Gasteiger partial charge in [-0.1, -0.05) is 59.7 Å². The van der Waals surface area contributed by atoms with Crippen LogP contribution in [0.5, 0.6) is 0 Å². The summed E-state index contributed by atoms with van der Waals surface area (Å²) in [6.45, 7) is 7.16. The van der Waals surface area contributed by atoms with E-state index in [1.807, 2.05) is 6.20 Å². The Morgan fingerprint density at radius 3 is 2.32 bits per heavy atom. The molecule has 25 heavy (non-hydrogen) atoms. The summed E-state index contributed by atoms with van der Waals surface area (Å²) in [6, 6.07) is 17.2. The van der Waals surface area contributed by atoms with E-state index in [0.717, 1.165) is 37.4 Å². The van der Waals surface area contributed by atoms with Crippen molar-refractivity contribution >= 4 is 0 Å². The minimum Gasteiger partial charge on any atom is -0.293 e. The molecule has 0 bridgehead atoms. The van der Waals surface area contributed by atoms with Gasteiger partial charge < -0.3 is 0 Å². The second kappa shape index (κ2) is 6.77. The van der Waals surface area contributed by atoms with E-state index in [9.17, 15) is 0 Å². The third kappa shape index (κ3) is 3.62. The lowest BCUT2D eigenvalue weighted by molar-refractivity contribution is 0.241. The van der Waals surface area contributed by atoms with E-state index in [-0.39, 0.29) is 0 Å². The highest BCUT2D eigenvalue weighted by Gasteiger charge is 2.19. The van der Waals surface area contributed by atoms with E-state index in [2.05, 4.69) is 72.3 Å². The molecule has 0 amide bonds. The molecule has 0 aliphatic carbocycles. The third-order valence-corrected chi connectivity index (χ3v) is 4.86. The fraction of sp³-hybridized carbons (Fsp3) is 0.273. The Hall–Kier alpha value is -2.52. The van der Waals surface area contributed by atoms with Gasteiger partial charge in [-0.05, 0) is 31.4 Å². The van der Waals surface area contributed by atoms with E-state index in [1.54, 1.807) is 0 Å². The van der Waals surface area contributed by atoms with Crippen molar-refractivity contribution in [2.45, 2.75) is 33.4 Å². The van der Waals surface area contributed by atoms with Crippen molar-refractivity contribution in [2.24, 2.45) is 0 Å². The van der Waals surface area contributed by atoms with Crippen LogP contribution in [-0.2, 0) is 19.5 Å². The van der Waals surface area contributed by atoms with Crippen LogP contribution in [0.2, 0.25) is 0 Å². The van der Waals surface area contributed by atoms with Gasteiger partial charge in [-0.15, -0.1) is 0 Å². The molecule has 126 valence electrons. The Morgan fingerprint density at radius 2 is 1.60 bits per heavy atom. The number of nitrogens with zero attached hydrogens (tertiary/aromatic N) is 3. The Morgan fingerprint density at radius 1 is 0.920 bits per heavy atom. The van der Waals surface area contributed by atoms with Crippen LogP contribution in [0, 0.1) is 13.8 Å². The zero-order valence-electron chi connectivity index (χ0n) is 14.9. The molecule has 0 saturated carbocycles. The molecule has 1 aliphatic rings. The SMILES string of the molecule is Cc1ccc(CN2CCc3cnc(-c4ccc(C)cc4)nc3C2)cc1. The standard InChI is InChI=1S/C22H23N3/c1-16-3-7-18(8-4-16)14-25-12-11-20-13-23-22(24-21(20)15-25)19-9-5-17(2)6-10-19/h3-10,13H,11-12,14-15H2,1-2H3. The van der Waals surface area contributed by atoms with Crippen molar-refractivity contribution in [1.82, 2.24) is 14.9 Å². The normalized spacial score (nSPS) is 14.3. The van der Waals surface area contributed by atoms with Gasteiger partial charge in [0, 0.05) is 31.4 Å². The summed E-state index contributed by atoms with van der Waals surface area (Å²) in [6.07, 6.45) is 3.04. The molecule has 4 rings (SSSR count). The fourth-order valence-corrected chi connectivity index (χ4v) is 3.29. The second-order valence-electron chi connectivity index (χ2n) is 6.98. The Bertz CT molecular complexity index is 867. The van der Waals surface area contributed by atoms with Crippen molar-refractivity contribution in [3.05, 3.63) is 82.7 Å². The molecule has 0 spiro atoms. The Kier molecular flexibility index (Phi) is 4.33. The van der Waals surface area contributed by atoms with Crippen LogP contribution in [0.4, 0.5) is 0 Å². The van der Waals surface area contributed by atoms with Crippen LogP contribution in [0.1, 0.15) is 27.9 Å². The maximum absolute atomic E-state index is 4.87. The van der Waals surface area contributed by atoms with Crippen molar-refractivity contribution < 1.29 is 0 Å². The number of aryl methyl sites for hydroxylation is 2. The molecule has 1 aromatic heterocycles. The first kappa shape index (κ1) is 16.0. The highest BCUT2D eigenvalue weighted by atomic mass is 15.1. The van der Waals surface area contributed by atoms with Crippen LogP contribution < -0.4 is 0 Å². The number of hydrogen-bond acceptors (Lipinski definition) is 3. The quantitative estimate of drug-likeness (QED) is 0.716. The Balaban J connectivity index is 1.54. The van der Waals surface area contributed by atoms with Crippen molar-refractivity contribution in [3.8, 4) is 11.4 Å². The molecule has 3 aromatic rings. The number of hydrogen-bond donors (Lipinski definition) is 0. The molecule has 3 nitrogen and oxygen atoms in total. The lowest BCUT2D eigenvalue weighted by Crippen LogP contribution is -2.31. The lowest BCUT2D eigenvalue weighted by Gasteiger charge is -2.28. The fourth-order valence-electron chi connectivity index (χ4n) is 3.29. The molecule has 0 N–H and O–H groups in total. The monoisotopic (exact) mass is 329 g/mol. The van der Waals surface area contributed by atoms with Crippen LogP contribution in [0.15, 0.2) is 54.7 Å². The van der Waals surface area contributed by atoms with Gasteiger partial charge in [0.2, 0.25) is 0 Å². The molecule has 2 aromatic carbocycles. The summed E-state index contributed by atoms with van der Waals surface area (Å²) in [5, 5.41) is 0. The van der Waals surface area contributed by atoms with Crippen LogP contribution in [0.3, 0.4) is 0 Å². The third-order valence-electron chi connectivity index (χ3n) is 4.86. The molecule has 0 unspecified atom stereocenters. The molecule has 0 fully saturated rings. The molecule has 3 heteroatoms. The van der Waals surface area contributed by atoms with Crippen molar-refractivity contribution in [3.63, 3.8) is 0 Å². The number of benzene rings is 2. The van der Waals surface area contributed by atoms with Gasteiger partial charge >= 0.3 is 0 Å². The summed E-state index contributed by atoms with van der Waals surface area (Å²) in [5.74, 6) is 0.830. The Labute approximate surface area is 149 Å². The minimum absolute atomic E-state index is 0.830. The van der Waals surface area contributed by atoms with Gasteiger partial charge in [0.25, 0.3) is 0 Å². The van der Waals surface area contributed by atoms with Gasteiger partial charge in [0.15, 0.2) is 5.82 Å². The lowest BCUT2D eigenvalue weighted by atomic mass is 10.0. The zero-order valence-corrected chi connectivity index (χ0v) is 14.9. The zero-order chi connectivity index (χ0) is 17.2. The summed E-state index contributed by atoms with van der Waals surface area (Å²) < 4.78 is 0. The number of fused-ring (bicyclic) bond motifs is 1. The number of aromatic nitrogens is 2. The van der Waals surface area contributed by atoms with Gasteiger partial charge in [0.05, 0.1) is 5.69 Å². The highest BCUT2D eigenvalue weighted by molar-refractivity contribution is 5.55. The van der Waals surface area contributed by atoms with E-state index in [0.29, 0.717) is 0 Å². The minimum atomic E-state index is 0.830. The molecule has 0 saturated heterocycles. The molecule has 0 atom stereocenters. The molecule has 0 radical (unpaired) electrons. The number of rotatable bonds is 3. The van der Waals surface area contributed by atoms with Gasteiger partial charge in [0.1, 0.15) is 0 Å². The van der Waals surface area contributed by atoms with E-state index in [4.69, 9.17) is 4.98 Å². The first-order chi connectivity index (χ1) is 12.2. The summed E-state index contributed by atoms with van der Waals surface area (Å²) in [4.78, 5) is 11.9. The molecule has 1 aliphatic heterocycles. The van der Waals surface area contributed by atoms with E-state index in [1.165, 1.54) is 27.9 Å². The maximum atomic E-state index is 4.87. The highest BCUT2D eigenvalue weighted by Crippen LogP contribution is 2.22. The predicted molar refractivity (Wildman–Crippen MR) is 101 cm³/mol. The second-order valence-corrected chi connectivity index (χ2v) is 6.98. The molecular weight excluding hydrogens is 306 g/mol. The molecule has 2 heterocycles. The maximum Gasteiger partial charge on any atom is 0.159 e. The van der Waals surface area contributed by atoms with Gasteiger partial charge in [-0.2, -0.15) is 0 Å². The van der Waals surface area contributed by atoms with Gasteiger partial charge in [-0.3, -0.25) is 4.90 Å². The average molecular weight is 329 g/mol. The van der Waals surface area contributed by atoms with Gasteiger partial charge in [-0.25, -0.2) is 9.97 Å². The first-order valence-electron chi connectivity index (χ1n) is 8.87. The van der Waals surface area contributed by atoms with E-state index >= 15 is 0 Å². The summed E-state index contributed by atoms with van der Waals surface area (Å²) in [7, 11) is 0. The van der Waals surface area contributed by atoms with Crippen LogP contribution in [-0.4, -0.2) is 21.4 Å². The smallest absolute Gasteiger partial charge is 0.159 e. The first-order valence-corrected chi connectivity index (χ1v) is 8.87. The summed E-state index contributed by atoms with van der Waals surface area (Å²) >= 11 is 0. The topological polar surface area (TPSA) is 29.0 Å². The van der Waals surface area contributed by atoms with Crippen molar-refractivity contribution in [1.29, 1.82) is 0 Å². The van der Waals surface area contributed by atoms with Crippen molar-refractivity contribution in [2.75, 3.05) is 6.54 Å². The molecular formula is C22H23N3. The van der Waals surface area contributed by atoms with Crippen LogP contribution >= 0.6 is 0 Å². The average Bonchev–Trinajstić information content (AvgIpc) is 2.64. The summed E-state index contributed by atoms with van der Waals surface area (Å²) in [5.41, 5.74) is 7.47. The van der Waals surface area contributed by atoms with E-state index < -0.39 is 0 Å². The largest absolute Gasteiger partial charge is 0.293 e.